The molecule has 6 N–H and O–H groups in total. The Hall–Kier alpha value is -4.29. The molecule has 0 spiro atoms. The predicted octanol–water partition coefficient (Wildman–Crippen LogP) is 6.54. The summed E-state index contributed by atoms with van der Waals surface area (Å²) < 4.78 is 28.8. The van der Waals surface area contributed by atoms with E-state index in [0.717, 1.165) is 68.8 Å². The van der Waals surface area contributed by atoms with E-state index in [1.165, 1.54) is 19.2 Å². The Kier molecular flexibility index (Phi) is 17.1. The minimum Gasteiger partial charge on any atom is -0.481 e. The van der Waals surface area contributed by atoms with E-state index in [9.17, 15) is 28.6 Å². The van der Waals surface area contributed by atoms with Crippen LogP contribution in [0.3, 0.4) is 0 Å². The molecule has 0 aromatic heterocycles. The molecule has 0 fully saturated rings. The number of halogens is 2. The number of nitrogens with zero attached hydrogens (tertiary/aromatic N) is 2. The van der Waals surface area contributed by atoms with Crippen molar-refractivity contribution in [3.05, 3.63) is 46.3 Å². The van der Waals surface area contributed by atoms with E-state index in [2.05, 4.69) is 22.9 Å². The first kappa shape index (κ1) is 41.1. The molecule has 1 atom stereocenters. The third kappa shape index (κ3) is 12.5. The summed E-state index contributed by atoms with van der Waals surface area (Å²) in [5.74, 6) is -0.643. The van der Waals surface area contributed by atoms with Gasteiger partial charge >= 0.3 is 5.97 Å². The number of allylic oxidation sites excluding steroid dienone is 1. The van der Waals surface area contributed by atoms with Crippen molar-refractivity contribution in [3.8, 4) is 0 Å². The number of amidine groups is 1. The van der Waals surface area contributed by atoms with Gasteiger partial charge in [0.2, 0.25) is 11.8 Å². The van der Waals surface area contributed by atoms with Crippen LogP contribution in [-0.2, 0) is 20.8 Å². The Morgan fingerprint density at radius 3 is 2.31 bits per heavy atom. The lowest BCUT2D eigenvalue weighted by molar-refractivity contribution is -0.137. The molecule has 282 valence electrons. The van der Waals surface area contributed by atoms with Crippen LogP contribution in [0, 0.1) is 10.8 Å². The van der Waals surface area contributed by atoms with Crippen LogP contribution in [0.2, 0.25) is 0 Å². The number of carboxylic acids is 1. The van der Waals surface area contributed by atoms with Gasteiger partial charge < -0.3 is 36.3 Å². The van der Waals surface area contributed by atoms with Gasteiger partial charge in [0, 0.05) is 99.4 Å². The molecule has 2 heterocycles. The van der Waals surface area contributed by atoms with Gasteiger partial charge in [0.1, 0.15) is 5.84 Å². The minimum atomic E-state index is -2.78. The van der Waals surface area contributed by atoms with E-state index in [0.29, 0.717) is 74.1 Å². The van der Waals surface area contributed by atoms with Crippen LogP contribution in [0.5, 0.6) is 0 Å². The normalized spacial score (nSPS) is 15.4. The van der Waals surface area contributed by atoms with Crippen molar-refractivity contribution >= 4 is 41.1 Å². The van der Waals surface area contributed by atoms with Gasteiger partial charge in [0.15, 0.2) is 0 Å². The van der Waals surface area contributed by atoms with Crippen LogP contribution in [0.25, 0.3) is 5.57 Å². The number of amides is 2. The lowest BCUT2D eigenvalue weighted by atomic mass is 9.91. The van der Waals surface area contributed by atoms with Crippen molar-refractivity contribution in [1.29, 1.82) is 10.8 Å². The summed E-state index contributed by atoms with van der Waals surface area (Å²) >= 11 is 0. The maximum absolute atomic E-state index is 14.4. The molecule has 2 amide bonds. The second-order valence-corrected chi connectivity index (χ2v) is 13.4. The van der Waals surface area contributed by atoms with E-state index in [-0.39, 0.29) is 42.2 Å². The number of unbranched alkanes of at least 4 members (excludes halogenated alkanes) is 6. The molecule has 51 heavy (non-hydrogen) atoms. The number of aliphatic carboxylic acids is 1. The predicted molar refractivity (Wildman–Crippen MR) is 199 cm³/mol. The third-order valence-corrected chi connectivity index (χ3v) is 9.70. The quantitative estimate of drug-likeness (QED) is 0.0479. The molecular formula is C38H57F2N7O4. The van der Waals surface area contributed by atoms with E-state index in [1.54, 1.807) is 22.9 Å². The van der Waals surface area contributed by atoms with Crippen molar-refractivity contribution in [1.82, 2.24) is 20.9 Å². The summed E-state index contributed by atoms with van der Waals surface area (Å²) in [5.41, 5.74) is 3.35. The van der Waals surface area contributed by atoms with E-state index in [1.807, 2.05) is 0 Å². The molecule has 2 aliphatic heterocycles. The molecule has 0 saturated carbocycles. The number of benzene rings is 1. The van der Waals surface area contributed by atoms with Crippen LogP contribution in [0.1, 0.15) is 120 Å². The second-order valence-electron chi connectivity index (χ2n) is 13.4. The first-order valence-corrected chi connectivity index (χ1v) is 18.4. The summed E-state index contributed by atoms with van der Waals surface area (Å²) in [7, 11) is 1.66. The molecule has 1 aromatic rings. The molecule has 0 radical (unpaired) electrons. The minimum absolute atomic E-state index is 0.0204. The van der Waals surface area contributed by atoms with Crippen LogP contribution in [0.4, 0.5) is 14.5 Å². The molecule has 0 aliphatic carbocycles. The Bertz CT molecular complexity index is 1450. The third-order valence-electron chi connectivity index (χ3n) is 9.70. The first-order valence-electron chi connectivity index (χ1n) is 18.4. The number of fused-ring (bicyclic) bond motifs is 1. The molecule has 0 saturated heterocycles. The highest BCUT2D eigenvalue weighted by Gasteiger charge is 2.31. The second kappa shape index (κ2) is 21.2. The van der Waals surface area contributed by atoms with Crippen LogP contribution < -0.4 is 20.9 Å². The standard InChI is InChI=1S/C38H57F2N7O4/c1-4-29(16-18-44-35(49)14-10-8-6-5-7-9-11-15-36(50)51)45-33-17-20-46(26(2)48)25-32(33)38(42)47-19-12-13-27-21-30(28(23-41)24-43-3)31(37(39)40)22-34(27)47/h21-24,29,37,41-43,45H,4-20,25H2,1-3H3,(H,44,49)(H,50,51)/b28-24+,41-23?,42-38?. The number of nitrogens with one attached hydrogen (secondary N) is 5. The summed E-state index contributed by atoms with van der Waals surface area (Å²) in [5, 5.41) is 35.4. The summed E-state index contributed by atoms with van der Waals surface area (Å²) in [4.78, 5) is 39.0. The van der Waals surface area contributed by atoms with Gasteiger partial charge in [-0.3, -0.25) is 19.8 Å². The number of alkyl halides is 2. The smallest absolute Gasteiger partial charge is 0.303 e. The monoisotopic (exact) mass is 713 g/mol. The summed E-state index contributed by atoms with van der Waals surface area (Å²) in [6, 6.07) is 3.20. The van der Waals surface area contributed by atoms with Crippen molar-refractivity contribution in [2.24, 2.45) is 0 Å². The lowest BCUT2D eigenvalue weighted by Crippen LogP contribution is -2.46. The zero-order valence-corrected chi connectivity index (χ0v) is 30.5. The zero-order chi connectivity index (χ0) is 37.3. The van der Waals surface area contributed by atoms with Crippen molar-refractivity contribution in [3.63, 3.8) is 0 Å². The van der Waals surface area contributed by atoms with E-state index < -0.39 is 12.4 Å². The molecule has 3 rings (SSSR count). The highest BCUT2D eigenvalue weighted by molar-refractivity contribution is 6.11. The number of carbonyl (C=O) groups is 3. The van der Waals surface area contributed by atoms with Gasteiger partial charge in [-0.15, -0.1) is 0 Å². The van der Waals surface area contributed by atoms with Crippen LogP contribution >= 0.6 is 0 Å². The molecule has 1 aromatic carbocycles. The maximum atomic E-state index is 14.4. The fraction of sp³-hybridized carbons (Fsp3) is 0.605. The maximum Gasteiger partial charge on any atom is 0.303 e. The molecular weight excluding hydrogens is 656 g/mol. The Balaban J connectivity index is 1.67. The fourth-order valence-corrected chi connectivity index (χ4v) is 6.78. The molecule has 11 nitrogen and oxygen atoms in total. The number of carbonyl (C=O) groups excluding carboxylic acids is 2. The van der Waals surface area contributed by atoms with Gasteiger partial charge in [-0.25, -0.2) is 8.78 Å². The summed E-state index contributed by atoms with van der Waals surface area (Å²) in [6.45, 7) is 5.29. The number of hydrogen-bond acceptors (Lipinski definition) is 7. The molecule has 2 aliphatic rings. The number of anilines is 1. The fourth-order valence-electron chi connectivity index (χ4n) is 6.78. The van der Waals surface area contributed by atoms with Crippen molar-refractivity contribution in [2.75, 3.05) is 38.1 Å². The molecule has 1 unspecified atom stereocenters. The van der Waals surface area contributed by atoms with E-state index >= 15 is 0 Å². The van der Waals surface area contributed by atoms with Crippen molar-refractivity contribution in [2.45, 2.75) is 116 Å². The van der Waals surface area contributed by atoms with E-state index in [4.69, 9.17) is 10.5 Å². The van der Waals surface area contributed by atoms with Gasteiger partial charge in [-0.05, 0) is 61.8 Å². The zero-order valence-electron chi connectivity index (χ0n) is 30.5. The number of aryl methyl sites for hydroxylation is 1. The van der Waals surface area contributed by atoms with Gasteiger partial charge in [0.25, 0.3) is 6.43 Å². The summed E-state index contributed by atoms with van der Waals surface area (Å²) in [6.07, 6.45) is 10.4. The highest BCUT2D eigenvalue weighted by Crippen LogP contribution is 2.38. The Morgan fingerprint density at radius 2 is 1.71 bits per heavy atom. The van der Waals surface area contributed by atoms with Gasteiger partial charge in [0.05, 0.1) is 6.54 Å². The number of rotatable bonds is 21. The molecule has 13 heteroatoms. The van der Waals surface area contributed by atoms with Crippen LogP contribution in [-0.4, -0.2) is 79.1 Å². The SMILES string of the molecule is CCC(CCNC(=O)CCCCCCCCCC(=O)O)NC1=C(C(=N)N2CCCc3cc(/C(C=N)=C/NC)c(C(F)F)cc32)CN(C(C)=O)CC1. The first-order chi connectivity index (χ1) is 24.5. The Morgan fingerprint density at radius 1 is 1.02 bits per heavy atom. The van der Waals surface area contributed by atoms with Crippen molar-refractivity contribution < 1.29 is 28.3 Å². The lowest BCUT2D eigenvalue weighted by Gasteiger charge is -2.38. The average molecular weight is 714 g/mol. The topological polar surface area (TPSA) is 162 Å². The van der Waals surface area contributed by atoms with Crippen LogP contribution in [0.15, 0.2) is 29.6 Å². The molecule has 0 bridgehead atoms. The number of hydrogen-bond donors (Lipinski definition) is 6. The van der Waals surface area contributed by atoms with Gasteiger partial charge in [-0.1, -0.05) is 39.0 Å². The average Bonchev–Trinajstić information content (AvgIpc) is 3.11. The largest absolute Gasteiger partial charge is 0.481 e. The highest BCUT2D eigenvalue weighted by atomic mass is 19.3. The Labute approximate surface area is 301 Å². The van der Waals surface area contributed by atoms with Gasteiger partial charge in [-0.2, -0.15) is 0 Å². The number of carboxylic acid groups (broad SMARTS) is 1.